The van der Waals surface area contributed by atoms with E-state index >= 15 is 0 Å². The van der Waals surface area contributed by atoms with Crippen LogP contribution in [0.1, 0.15) is 11.7 Å². The third kappa shape index (κ3) is 1.29. The van der Waals surface area contributed by atoms with Crippen LogP contribution in [0.25, 0.3) is 10.9 Å². The number of rotatable bonds is 2. The molecule has 0 radical (unpaired) electrons. The summed E-state index contributed by atoms with van der Waals surface area (Å²) < 4.78 is 2.04. The first-order chi connectivity index (χ1) is 6.74. The van der Waals surface area contributed by atoms with Gasteiger partial charge in [-0.05, 0) is 6.07 Å². The Kier molecular flexibility index (Phi) is 2.25. The highest BCUT2D eigenvalue weighted by molar-refractivity contribution is 5.84. The number of nitrogens with zero attached hydrogens (tertiary/aromatic N) is 1. The number of hydrazine groups is 1. The van der Waals surface area contributed by atoms with Gasteiger partial charge in [-0.2, -0.15) is 0 Å². The number of nitrogens with one attached hydrogen (secondary N) is 1. The van der Waals surface area contributed by atoms with Crippen molar-refractivity contribution in [2.75, 3.05) is 0 Å². The molecule has 1 unspecified atom stereocenters. The maximum atomic E-state index is 5.82. The van der Waals surface area contributed by atoms with Crippen molar-refractivity contribution in [1.29, 1.82) is 0 Å². The summed E-state index contributed by atoms with van der Waals surface area (Å²) in [6.07, 6.45) is 1.68. The predicted octanol–water partition coefficient (Wildman–Crippen LogP) is 0.599. The van der Waals surface area contributed by atoms with Crippen LogP contribution in [-0.2, 0) is 7.05 Å². The summed E-state index contributed by atoms with van der Waals surface area (Å²) in [7, 11) is 2.00. The second-order valence-electron chi connectivity index (χ2n) is 3.36. The van der Waals surface area contributed by atoms with E-state index in [1.165, 1.54) is 0 Å². The molecule has 1 heterocycles. The van der Waals surface area contributed by atoms with Gasteiger partial charge in [0.05, 0.1) is 6.17 Å². The van der Waals surface area contributed by atoms with Crippen LogP contribution < -0.4 is 17.0 Å². The molecule has 2 aromatic rings. The van der Waals surface area contributed by atoms with E-state index in [9.17, 15) is 0 Å². The average molecular weight is 190 g/mol. The topological polar surface area (TPSA) is 69.0 Å². The van der Waals surface area contributed by atoms with Gasteiger partial charge >= 0.3 is 0 Å². The fourth-order valence-corrected chi connectivity index (χ4v) is 1.71. The van der Waals surface area contributed by atoms with Gasteiger partial charge in [0.25, 0.3) is 0 Å². The van der Waals surface area contributed by atoms with Crippen LogP contribution >= 0.6 is 0 Å². The van der Waals surface area contributed by atoms with Gasteiger partial charge in [-0.1, -0.05) is 18.2 Å². The van der Waals surface area contributed by atoms with Crippen LogP contribution in [0.5, 0.6) is 0 Å². The minimum atomic E-state index is -0.318. The van der Waals surface area contributed by atoms with Crippen molar-refractivity contribution in [2.24, 2.45) is 18.6 Å². The van der Waals surface area contributed by atoms with E-state index in [2.05, 4.69) is 11.5 Å². The molecule has 74 valence electrons. The van der Waals surface area contributed by atoms with Crippen molar-refractivity contribution in [3.8, 4) is 0 Å². The Morgan fingerprint density at radius 1 is 1.36 bits per heavy atom. The molecule has 0 aliphatic rings. The molecule has 1 aromatic carbocycles. The Morgan fingerprint density at radius 3 is 2.79 bits per heavy atom. The second kappa shape index (κ2) is 3.42. The third-order valence-electron chi connectivity index (χ3n) is 2.44. The number of nitrogens with two attached hydrogens (primary N) is 2. The third-order valence-corrected chi connectivity index (χ3v) is 2.44. The van der Waals surface area contributed by atoms with E-state index in [0.29, 0.717) is 0 Å². The van der Waals surface area contributed by atoms with Crippen molar-refractivity contribution < 1.29 is 0 Å². The Bertz CT molecular complexity index is 446. The van der Waals surface area contributed by atoms with Crippen LogP contribution in [0.3, 0.4) is 0 Å². The van der Waals surface area contributed by atoms with Crippen molar-refractivity contribution >= 4 is 10.9 Å². The van der Waals surface area contributed by atoms with Crippen LogP contribution in [0.4, 0.5) is 0 Å². The molecule has 0 fully saturated rings. The maximum Gasteiger partial charge on any atom is 0.0956 e. The molecule has 1 aromatic heterocycles. The molecular weight excluding hydrogens is 176 g/mol. The van der Waals surface area contributed by atoms with Crippen molar-refractivity contribution in [1.82, 2.24) is 9.99 Å². The normalized spacial score (nSPS) is 13.4. The van der Waals surface area contributed by atoms with Crippen molar-refractivity contribution in [2.45, 2.75) is 6.17 Å². The minimum absolute atomic E-state index is 0.318. The minimum Gasteiger partial charge on any atom is -0.350 e. The number of hydrogen-bond acceptors (Lipinski definition) is 3. The summed E-state index contributed by atoms with van der Waals surface area (Å²) in [6.45, 7) is 0. The van der Waals surface area contributed by atoms with Crippen molar-refractivity contribution in [3.05, 3.63) is 36.0 Å². The first-order valence-corrected chi connectivity index (χ1v) is 4.49. The smallest absolute Gasteiger partial charge is 0.0956 e. The van der Waals surface area contributed by atoms with Gasteiger partial charge in [0, 0.05) is 29.7 Å². The summed E-state index contributed by atoms with van der Waals surface area (Å²) in [5.74, 6) is 5.32. The second-order valence-corrected chi connectivity index (χ2v) is 3.36. The van der Waals surface area contributed by atoms with E-state index < -0.39 is 0 Å². The number of benzene rings is 1. The van der Waals surface area contributed by atoms with Gasteiger partial charge < -0.3 is 10.3 Å². The summed E-state index contributed by atoms with van der Waals surface area (Å²) in [6, 6.07) is 8.10. The monoisotopic (exact) mass is 190 g/mol. The molecule has 0 saturated heterocycles. The van der Waals surface area contributed by atoms with Crippen LogP contribution in [0.2, 0.25) is 0 Å². The summed E-state index contributed by atoms with van der Waals surface area (Å²) in [5, 5.41) is 1.14. The largest absolute Gasteiger partial charge is 0.350 e. The Balaban J connectivity index is 2.66. The first kappa shape index (κ1) is 9.21. The molecule has 5 N–H and O–H groups in total. The van der Waals surface area contributed by atoms with E-state index in [1.54, 1.807) is 0 Å². The Labute approximate surface area is 82.5 Å². The van der Waals surface area contributed by atoms with Gasteiger partial charge in [0.15, 0.2) is 0 Å². The van der Waals surface area contributed by atoms with E-state index in [1.807, 2.05) is 36.0 Å². The van der Waals surface area contributed by atoms with E-state index in [0.717, 1.165) is 16.5 Å². The standard InChI is InChI=1S/C10H14N4/c1-14-6-8(10(11)13-12)7-4-2-3-5-9(7)14/h2-6,10,13H,11-12H2,1H3. The zero-order chi connectivity index (χ0) is 10.1. The lowest BCUT2D eigenvalue weighted by Crippen LogP contribution is -2.33. The summed E-state index contributed by atoms with van der Waals surface area (Å²) in [4.78, 5) is 0. The number of fused-ring (bicyclic) bond motifs is 1. The molecule has 0 spiro atoms. The molecule has 14 heavy (non-hydrogen) atoms. The lowest BCUT2D eigenvalue weighted by molar-refractivity contribution is 0.579. The van der Waals surface area contributed by atoms with Gasteiger partial charge in [0.2, 0.25) is 0 Å². The van der Waals surface area contributed by atoms with Gasteiger partial charge in [0.1, 0.15) is 0 Å². The lowest BCUT2D eigenvalue weighted by atomic mass is 10.1. The van der Waals surface area contributed by atoms with E-state index in [-0.39, 0.29) is 6.17 Å². The van der Waals surface area contributed by atoms with Gasteiger partial charge in [-0.3, -0.25) is 5.84 Å². The Hall–Kier alpha value is -1.36. The predicted molar refractivity (Wildman–Crippen MR) is 57.2 cm³/mol. The highest BCUT2D eigenvalue weighted by atomic mass is 15.3. The molecule has 0 saturated carbocycles. The zero-order valence-corrected chi connectivity index (χ0v) is 8.07. The summed E-state index contributed by atoms with van der Waals surface area (Å²) in [5.41, 5.74) is 10.6. The maximum absolute atomic E-state index is 5.82. The van der Waals surface area contributed by atoms with Crippen LogP contribution in [-0.4, -0.2) is 4.57 Å². The lowest BCUT2D eigenvalue weighted by Gasteiger charge is -2.07. The molecule has 4 heteroatoms. The average Bonchev–Trinajstić information content (AvgIpc) is 2.56. The van der Waals surface area contributed by atoms with Crippen molar-refractivity contribution in [3.63, 3.8) is 0 Å². The van der Waals surface area contributed by atoms with Gasteiger partial charge in [-0.15, -0.1) is 0 Å². The number of aromatic nitrogens is 1. The molecule has 2 rings (SSSR count). The van der Waals surface area contributed by atoms with E-state index in [4.69, 9.17) is 11.6 Å². The molecule has 4 nitrogen and oxygen atoms in total. The Morgan fingerprint density at radius 2 is 2.07 bits per heavy atom. The molecule has 1 atom stereocenters. The molecule has 0 aliphatic carbocycles. The molecular formula is C10H14N4. The highest BCUT2D eigenvalue weighted by Gasteiger charge is 2.10. The highest BCUT2D eigenvalue weighted by Crippen LogP contribution is 2.22. The fraction of sp³-hybridized carbons (Fsp3) is 0.200. The first-order valence-electron chi connectivity index (χ1n) is 4.49. The number of aryl methyl sites for hydroxylation is 1. The summed E-state index contributed by atoms with van der Waals surface area (Å²) >= 11 is 0. The fourth-order valence-electron chi connectivity index (χ4n) is 1.71. The van der Waals surface area contributed by atoms with Crippen LogP contribution in [0.15, 0.2) is 30.5 Å². The molecule has 0 amide bonds. The zero-order valence-electron chi connectivity index (χ0n) is 8.07. The van der Waals surface area contributed by atoms with Crippen LogP contribution in [0, 0.1) is 0 Å². The van der Waals surface area contributed by atoms with Gasteiger partial charge in [-0.25, -0.2) is 5.43 Å². The quantitative estimate of drug-likeness (QED) is 0.369. The SMILES string of the molecule is Cn1cc(C(N)NN)c2ccccc21. The number of para-hydroxylation sites is 1. The number of hydrogen-bond donors (Lipinski definition) is 3. The molecule has 0 bridgehead atoms. The molecule has 0 aliphatic heterocycles.